The predicted molar refractivity (Wildman–Crippen MR) is 308 cm³/mol. The van der Waals surface area contributed by atoms with Crippen molar-refractivity contribution >= 4 is 108 Å². The maximum Gasteiger partial charge on any atom is 0.238 e. The molecule has 0 radical (unpaired) electrons. The number of nitrogens with zero attached hydrogens (tertiary/aromatic N) is 4. The molecule has 0 unspecified atom stereocenters. The topological polar surface area (TPSA) is 56.7 Å². The lowest BCUT2D eigenvalue weighted by molar-refractivity contribution is 0.669. The summed E-state index contributed by atoms with van der Waals surface area (Å²) in [6.07, 6.45) is 0. The van der Waals surface area contributed by atoms with Gasteiger partial charge in [-0.15, -0.1) is 0 Å². The van der Waals surface area contributed by atoms with Crippen molar-refractivity contribution in [3.63, 3.8) is 0 Å². The fourth-order valence-electron chi connectivity index (χ4n) is 12.1. The molecule has 3 heterocycles. The number of para-hydroxylation sites is 1. The molecule has 0 saturated heterocycles. The Morgan fingerprint density at radius 1 is 0.257 bits per heavy atom. The van der Waals surface area contributed by atoms with Crippen LogP contribution in [0.25, 0.3) is 159 Å². The van der Waals surface area contributed by atoms with Gasteiger partial charge in [0.05, 0.1) is 11.0 Å². The van der Waals surface area contributed by atoms with Gasteiger partial charge in [-0.2, -0.15) is 9.97 Å². The van der Waals surface area contributed by atoms with Crippen LogP contribution in [-0.4, -0.2) is 19.5 Å². The van der Waals surface area contributed by atoms with Crippen molar-refractivity contribution in [2.24, 2.45) is 0 Å². The van der Waals surface area contributed by atoms with Crippen LogP contribution in [0.15, 0.2) is 247 Å². The van der Waals surface area contributed by atoms with E-state index in [0.717, 1.165) is 66.0 Å². The van der Waals surface area contributed by atoms with Crippen molar-refractivity contribution in [2.45, 2.75) is 0 Å². The summed E-state index contributed by atoms with van der Waals surface area (Å²) in [4.78, 5) is 15.4. The normalized spacial score (nSPS) is 12.1. The molecule has 5 nitrogen and oxygen atoms in total. The molecule has 342 valence electrons. The average molecular weight is 941 g/mol. The fourth-order valence-corrected chi connectivity index (χ4v) is 12.1. The number of hydrogen-bond donors (Lipinski definition) is 0. The van der Waals surface area contributed by atoms with E-state index in [9.17, 15) is 0 Å². The van der Waals surface area contributed by atoms with E-state index in [4.69, 9.17) is 19.4 Å². The van der Waals surface area contributed by atoms with E-state index in [-0.39, 0.29) is 0 Å². The van der Waals surface area contributed by atoms with E-state index in [1.807, 2.05) is 36.4 Å². The van der Waals surface area contributed by atoms with Crippen LogP contribution in [0.5, 0.6) is 0 Å². The maximum atomic E-state index is 6.77. The molecule has 0 amide bonds. The molecule has 0 atom stereocenters. The van der Waals surface area contributed by atoms with Gasteiger partial charge in [-0.3, -0.25) is 4.57 Å². The zero-order valence-corrected chi connectivity index (χ0v) is 39.8. The van der Waals surface area contributed by atoms with Crippen molar-refractivity contribution < 1.29 is 4.42 Å². The van der Waals surface area contributed by atoms with Crippen LogP contribution in [0.1, 0.15) is 0 Å². The highest BCUT2D eigenvalue weighted by Crippen LogP contribution is 2.47. The first kappa shape index (κ1) is 40.7. The van der Waals surface area contributed by atoms with Gasteiger partial charge in [0.15, 0.2) is 11.6 Å². The average Bonchev–Trinajstić information content (AvgIpc) is 4.02. The first-order valence-corrected chi connectivity index (χ1v) is 25.2. The number of benzene rings is 13. The van der Waals surface area contributed by atoms with Crippen LogP contribution in [0.4, 0.5) is 0 Å². The van der Waals surface area contributed by atoms with Crippen LogP contribution < -0.4 is 0 Å². The molecular formula is C69H40N4O. The molecule has 16 aromatic rings. The van der Waals surface area contributed by atoms with Crippen molar-refractivity contribution in [2.75, 3.05) is 0 Å². The molecule has 0 aliphatic heterocycles. The summed E-state index contributed by atoms with van der Waals surface area (Å²) >= 11 is 0. The molecule has 16 rings (SSSR count). The molecule has 0 N–H and O–H groups in total. The third-order valence-corrected chi connectivity index (χ3v) is 15.4. The van der Waals surface area contributed by atoms with E-state index in [0.29, 0.717) is 17.6 Å². The number of rotatable bonds is 5. The Kier molecular flexibility index (Phi) is 8.68. The molecule has 3 aromatic heterocycles. The quantitative estimate of drug-likeness (QED) is 0.127. The molecule has 0 spiro atoms. The van der Waals surface area contributed by atoms with E-state index in [1.165, 1.54) is 75.8 Å². The number of fused-ring (bicyclic) bond motifs is 15. The number of furan rings is 1. The molecule has 0 aliphatic carbocycles. The molecule has 0 bridgehead atoms. The lowest BCUT2D eigenvalue weighted by Gasteiger charge is -2.18. The minimum Gasteiger partial charge on any atom is -0.456 e. The van der Waals surface area contributed by atoms with E-state index >= 15 is 0 Å². The SMILES string of the molecule is c1ccc(-c2nc(-c3ccccc3)nc(-n3c4ccccc4c4cc(-c5c6ccccc6c(-c6ccc7oc8cc9c%10ccccc%10c%10cc%11ccccc%11cc%10c9cc8c7c6)c6ccccc56)ccc43)n2)cc1. The van der Waals surface area contributed by atoms with Crippen LogP contribution in [0.3, 0.4) is 0 Å². The third kappa shape index (κ3) is 6.07. The molecule has 0 saturated carbocycles. The molecule has 13 aromatic carbocycles. The standard InChI is InChI=1S/C69H40N4O/c1-3-17-41(18-4-1)67-70-68(42-19-5-2-6-20-42)72-69(71-67)73-61-30-16-15-25-49(61)58-37-45(31-33-62(58)73)65-50-26-11-13-28-52(50)66(53-29-14-12-27-51(53)65)46-32-34-63-59(38-46)60-39-56-55-36-44-22-8-7-21-43(44)35-54(55)47-23-9-10-24-48(47)57(56)40-64(60)74-63/h1-40H. The second-order valence-corrected chi connectivity index (χ2v) is 19.4. The summed E-state index contributed by atoms with van der Waals surface area (Å²) in [5, 5.41) is 19.1. The molecule has 0 aliphatic rings. The lowest BCUT2D eigenvalue weighted by Crippen LogP contribution is -2.06. The van der Waals surface area contributed by atoms with Gasteiger partial charge in [0.25, 0.3) is 0 Å². The minimum absolute atomic E-state index is 0.572. The Labute approximate surface area is 423 Å². The molecule has 0 fully saturated rings. The van der Waals surface area contributed by atoms with Gasteiger partial charge in [0, 0.05) is 32.7 Å². The number of hydrogen-bond acceptors (Lipinski definition) is 4. The second kappa shape index (κ2) is 15.8. The van der Waals surface area contributed by atoms with Gasteiger partial charge >= 0.3 is 0 Å². The summed E-state index contributed by atoms with van der Waals surface area (Å²) in [7, 11) is 0. The Bertz CT molecular complexity index is 4900. The first-order valence-electron chi connectivity index (χ1n) is 25.2. The Morgan fingerprint density at radius 3 is 1.28 bits per heavy atom. The van der Waals surface area contributed by atoms with Crippen LogP contribution >= 0.6 is 0 Å². The monoisotopic (exact) mass is 940 g/mol. The van der Waals surface area contributed by atoms with E-state index < -0.39 is 0 Å². The summed E-state index contributed by atoms with van der Waals surface area (Å²) < 4.78 is 8.96. The van der Waals surface area contributed by atoms with Gasteiger partial charge in [-0.05, 0) is 141 Å². The van der Waals surface area contributed by atoms with Gasteiger partial charge in [0.1, 0.15) is 11.2 Å². The van der Waals surface area contributed by atoms with Crippen molar-refractivity contribution in [1.29, 1.82) is 0 Å². The largest absolute Gasteiger partial charge is 0.456 e. The summed E-state index contributed by atoms with van der Waals surface area (Å²) in [6.45, 7) is 0. The predicted octanol–water partition coefficient (Wildman–Crippen LogP) is 18.5. The zero-order chi connectivity index (χ0) is 48.4. The minimum atomic E-state index is 0.572. The highest BCUT2D eigenvalue weighted by atomic mass is 16.3. The number of aromatic nitrogens is 4. The van der Waals surface area contributed by atoms with Gasteiger partial charge in [-0.1, -0.05) is 188 Å². The van der Waals surface area contributed by atoms with Crippen molar-refractivity contribution in [3.8, 4) is 51.0 Å². The van der Waals surface area contributed by atoms with Crippen molar-refractivity contribution in [1.82, 2.24) is 19.5 Å². The van der Waals surface area contributed by atoms with Gasteiger partial charge in [0.2, 0.25) is 5.95 Å². The van der Waals surface area contributed by atoms with Gasteiger partial charge < -0.3 is 4.42 Å². The lowest BCUT2D eigenvalue weighted by atomic mass is 9.85. The van der Waals surface area contributed by atoms with Gasteiger partial charge in [-0.25, -0.2) is 4.98 Å². The van der Waals surface area contributed by atoms with E-state index in [2.05, 4.69) is 211 Å². The smallest absolute Gasteiger partial charge is 0.238 e. The summed E-state index contributed by atoms with van der Waals surface area (Å²) in [5.41, 5.74) is 10.4. The van der Waals surface area contributed by atoms with Crippen LogP contribution in [0.2, 0.25) is 0 Å². The van der Waals surface area contributed by atoms with Crippen LogP contribution in [0, 0.1) is 0 Å². The van der Waals surface area contributed by atoms with Crippen LogP contribution in [-0.2, 0) is 0 Å². The highest BCUT2D eigenvalue weighted by molar-refractivity contribution is 6.30. The highest BCUT2D eigenvalue weighted by Gasteiger charge is 2.22. The van der Waals surface area contributed by atoms with Crippen molar-refractivity contribution in [3.05, 3.63) is 243 Å². The maximum absolute atomic E-state index is 6.77. The third-order valence-electron chi connectivity index (χ3n) is 15.4. The second-order valence-electron chi connectivity index (χ2n) is 19.4. The zero-order valence-electron chi connectivity index (χ0n) is 39.8. The Balaban J connectivity index is 0.896. The van der Waals surface area contributed by atoms with E-state index in [1.54, 1.807) is 0 Å². The Hall–Kier alpha value is -9.97. The Morgan fingerprint density at radius 2 is 0.689 bits per heavy atom. The summed E-state index contributed by atoms with van der Waals surface area (Å²) in [5.74, 6) is 1.82. The first-order chi connectivity index (χ1) is 36.7. The fraction of sp³-hybridized carbons (Fsp3) is 0. The summed E-state index contributed by atoms with van der Waals surface area (Å²) in [6, 6.07) is 87.2. The molecular weight excluding hydrogens is 901 g/mol. The molecule has 74 heavy (non-hydrogen) atoms. The molecule has 5 heteroatoms.